The Bertz CT molecular complexity index is 803. The molecule has 0 radical (unpaired) electrons. The predicted octanol–water partition coefficient (Wildman–Crippen LogP) is 4.29. The van der Waals surface area contributed by atoms with Gasteiger partial charge in [0.1, 0.15) is 5.75 Å². The van der Waals surface area contributed by atoms with E-state index in [9.17, 15) is 22.8 Å². The average Bonchev–Trinajstić information content (AvgIpc) is 2.62. The van der Waals surface area contributed by atoms with Gasteiger partial charge >= 0.3 is 12.1 Å². The van der Waals surface area contributed by atoms with E-state index in [1.54, 1.807) is 31.2 Å². The number of anilines is 1. The van der Waals surface area contributed by atoms with E-state index in [1.807, 2.05) is 0 Å². The Hall–Kier alpha value is -3.03. The van der Waals surface area contributed by atoms with Gasteiger partial charge < -0.3 is 14.8 Å². The van der Waals surface area contributed by atoms with Crippen LogP contribution in [0.1, 0.15) is 29.8 Å². The summed E-state index contributed by atoms with van der Waals surface area (Å²) in [7, 11) is 0. The van der Waals surface area contributed by atoms with Crippen molar-refractivity contribution >= 4 is 17.6 Å². The Morgan fingerprint density at radius 3 is 2.30 bits per heavy atom. The van der Waals surface area contributed by atoms with Crippen LogP contribution in [-0.2, 0) is 15.7 Å². The zero-order valence-electron chi connectivity index (χ0n) is 14.7. The second-order valence-electron chi connectivity index (χ2n) is 5.54. The summed E-state index contributed by atoms with van der Waals surface area (Å²) >= 11 is 0. The van der Waals surface area contributed by atoms with Gasteiger partial charge in [-0.2, -0.15) is 13.2 Å². The number of para-hydroxylation sites is 2. The molecule has 0 bridgehead atoms. The van der Waals surface area contributed by atoms with E-state index in [1.165, 1.54) is 6.92 Å². The van der Waals surface area contributed by atoms with Crippen molar-refractivity contribution in [2.24, 2.45) is 0 Å². The van der Waals surface area contributed by atoms with Gasteiger partial charge in [-0.25, -0.2) is 4.79 Å². The number of amides is 1. The molecule has 0 saturated carbocycles. The zero-order chi connectivity index (χ0) is 20.0. The van der Waals surface area contributed by atoms with E-state index in [0.717, 1.165) is 24.3 Å². The maximum Gasteiger partial charge on any atom is 0.416 e. The van der Waals surface area contributed by atoms with Crippen LogP contribution in [0.25, 0.3) is 0 Å². The van der Waals surface area contributed by atoms with Crippen LogP contribution in [0.2, 0.25) is 0 Å². The maximum atomic E-state index is 12.6. The molecule has 1 unspecified atom stereocenters. The lowest BCUT2D eigenvalue weighted by Crippen LogP contribution is -2.30. The van der Waals surface area contributed by atoms with Gasteiger partial charge in [0.2, 0.25) is 0 Å². The minimum Gasteiger partial charge on any atom is -0.492 e. The fourth-order valence-electron chi connectivity index (χ4n) is 2.16. The lowest BCUT2D eigenvalue weighted by molar-refractivity contribution is -0.137. The number of rotatable bonds is 6. The SMILES string of the molecule is CCOc1ccccc1NC(=O)C(C)OC(=O)c1ccc(C(F)(F)F)cc1. The summed E-state index contributed by atoms with van der Waals surface area (Å²) in [6.45, 7) is 3.57. The Kier molecular flexibility index (Phi) is 6.44. The van der Waals surface area contributed by atoms with Gasteiger partial charge in [0, 0.05) is 0 Å². The predicted molar refractivity (Wildman–Crippen MR) is 92.6 cm³/mol. The van der Waals surface area contributed by atoms with Crippen LogP contribution in [0.3, 0.4) is 0 Å². The van der Waals surface area contributed by atoms with Crippen LogP contribution in [0.5, 0.6) is 5.75 Å². The van der Waals surface area contributed by atoms with E-state index in [0.29, 0.717) is 18.0 Å². The van der Waals surface area contributed by atoms with Crippen molar-refractivity contribution in [1.82, 2.24) is 0 Å². The summed E-state index contributed by atoms with van der Waals surface area (Å²) < 4.78 is 48.1. The van der Waals surface area contributed by atoms with Crippen LogP contribution >= 0.6 is 0 Å². The molecule has 2 aromatic carbocycles. The van der Waals surface area contributed by atoms with Crippen molar-refractivity contribution in [3.8, 4) is 5.75 Å². The van der Waals surface area contributed by atoms with Crippen molar-refractivity contribution in [2.45, 2.75) is 26.1 Å². The molecule has 144 valence electrons. The molecule has 1 N–H and O–H groups in total. The number of esters is 1. The molecule has 0 aromatic heterocycles. The van der Waals surface area contributed by atoms with E-state index in [-0.39, 0.29) is 5.56 Å². The Morgan fingerprint density at radius 2 is 1.70 bits per heavy atom. The lowest BCUT2D eigenvalue weighted by Gasteiger charge is -2.16. The van der Waals surface area contributed by atoms with Crippen LogP contribution in [0.15, 0.2) is 48.5 Å². The number of ether oxygens (including phenoxy) is 2. The first kappa shape index (κ1) is 20.3. The largest absolute Gasteiger partial charge is 0.492 e. The number of carbonyl (C=O) groups excluding carboxylic acids is 2. The Balaban J connectivity index is 2.01. The molecular weight excluding hydrogens is 363 g/mol. The van der Waals surface area contributed by atoms with Crippen molar-refractivity contribution in [3.05, 3.63) is 59.7 Å². The molecule has 8 heteroatoms. The third-order valence-corrected chi connectivity index (χ3v) is 3.55. The van der Waals surface area contributed by atoms with Crippen LogP contribution < -0.4 is 10.1 Å². The van der Waals surface area contributed by atoms with E-state index < -0.39 is 29.7 Å². The second-order valence-corrected chi connectivity index (χ2v) is 5.54. The summed E-state index contributed by atoms with van der Waals surface area (Å²) in [6, 6.07) is 10.3. The average molecular weight is 381 g/mol. The smallest absolute Gasteiger partial charge is 0.416 e. The van der Waals surface area contributed by atoms with Crippen LogP contribution in [0.4, 0.5) is 18.9 Å². The highest BCUT2D eigenvalue weighted by Crippen LogP contribution is 2.29. The van der Waals surface area contributed by atoms with Gasteiger partial charge in [-0.1, -0.05) is 12.1 Å². The topological polar surface area (TPSA) is 64.6 Å². The fourth-order valence-corrected chi connectivity index (χ4v) is 2.16. The highest BCUT2D eigenvalue weighted by Gasteiger charge is 2.30. The molecule has 0 aliphatic rings. The Morgan fingerprint density at radius 1 is 1.07 bits per heavy atom. The molecule has 5 nitrogen and oxygen atoms in total. The van der Waals surface area contributed by atoms with E-state index in [2.05, 4.69) is 5.32 Å². The van der Waals surface area contributed by atoms with Crippen molar-refractivity contribution in [2.75, 3.05) is 11.9 Å². The molecule has 2 rings (SSSR count). The minimum atomic E-state index is -4.50. The minimum absolute atomic E-state index is 0.0858. The molecule has 0 aliphatic carbocycles. The van der Waals surface area contributed by atoms with Gasteiger partial charge in [-0.15, -0.1) is 0 Å². The Labute approximate surface area is 154 Å². The summed E-state index contributed by atoms with van der Waals surface area (Å²) in [6.07, 6.45) is -5.65. The first-order valence-electron chi connectivity index (χ1n) is 8.13. The molecule has 2 aromatic rings. The quantitative estimate of drug-likeness (QED) is 0.759. The van der Waals surface area contributed by atoms with Gasteiger partial charge in [0.15, 0.2) is 6.10 Å². The molecule has 0 spiro atoms. The highest BCUT2D eigenvalue weighted by molar-refractivity contribution is 5.98. The normalized spacial score (nSPS) is 12.2. The molecule has 0 fully saturated rings. The molecule has 0 heterocycles. The van der Waals surface area contributed by atoms with Gasteiger partial charge in [-0.3, -0.25) is 4.79 Å². The molecule has 27 heavy (non-hydrogen) atoms. The number of hydrogen-bond acceptors (Lipinski definition) is 4. The summed E-state index contributed by atoms with van der Waals surface area (Å²) in [5.74, 6) is -1.03. The maximum absolute atomic E-state index is 12.6. The monoisotopic (exact) mass is 381 g/mol. The second kappa shape index (κ2) is 8.57. The number of carbonyl (C=O) groups is 2. The van der Waals surface area contributed by atoms with Crippen LogP contribution in [0, 0.1) is 0 Å². The standard InChI is InChI=1S/C19H18F3NO4/c1-3-26-16-7-5-4-6-15(16)23-17(24)12(2)27-18(25)13-8-10-14(11-9-13)19(20,21)22/h4-12H,3H2,1-2H3,(H,23,24). The molecule has 0 saturated heterocycles. The third-order valence-electron chi connectivity index (χ3n) is 3.55. The number of nitrogens with one attached hydrogen (secondary N) is 1. The number of alkyl halides is 3. The molecule has 0 aliphatic heterocycles. The fraction of sp³-hybridized carbons (Fsp3) is 0.263. The number of halogens is 3. The highest BCUT2D eigenvalue weighted by atomic mass is 19.4. The van der Waals surface area contributed by atoms with Crippen LogP contribution in [-0.4, -0.2) is 24.6 Å². The third kappa shape index (κ3) is 5.47. The zero-order valence-corrected chi connectivity index (χ0v) is 14.7. The first-order valence-corrected chi connectivity index (χ1v) is 8.13. The van der Waals surface area contributed by atoms with Crippen molar-refractivity contribution in [1.29, 1.82) is 0 Å². The van der Waals surface area contributed by atoms with Gasteiger partial charge in [-0.05, 0) is 50.2 Å². The number of benzene rings is 2. The summed E-state index contributed by atoms with van der Waals surface area (Å²) in [5.41, 5.74) is -0.545. The van der Waals surface area contributed by atoms with E-state index >= 15 is 0 Å². The van der Waals surface area contributed by atoms with Crippen molar-refractivity contribution in [3.63, 3.8) is 0 Å². The molecule has 1 atom stereocenters. The lowest BCUT2D eigenvalue weighted by atomic mass is 10.1. The van der Waals surface area contributed by atoms with Crippen molar-refractivity contribution < 1.29 is 32.2 Å². The summed E-state index contributed by atoms with van der Waals surface area (Å²) in [4.78, 5) is 24.3. The molecular formula is C19H18F3NO4. The van der Waals surface area contributed by atoms with Gasteiger partial charge in [0.05, 0.1) is 23.4 Å². The molecule has 1 amide bonds. The first-order chi connectivity index (χ1) is 12.7. The number of hydrogen-bond donors (Lipinski definition) is 1. The summed E-state index contributed by atoms with van der Waals surface area (Å²) in [5, 5.41) is 2.59. The van der Waals surface area contributed by atoms with E-state index in [4.69, 9.17) is 9.47 Å². The van der Waals surface area contributed by atoms with Gasteiger partial charge in [0.25, 0.3) is 5.91 Å².